The second-order valence-corrected chi connectivity index (χ2v) is 8.61. The van der Waals surface area contributed by atoms with Gasteiger partial charge in [0.15, 0.2) is 5.69 Å². The molecule has 0 atom stereocenters. The normalized spacial score (nSPS) is 19.3. The van der Waals surface area contributed by atoms with Crippen molar-refractivity contribution in [3.05, 3.63) is 40.3 Å². The molecule has 0 saturated heterocycles. The number of nitrogens with one attached hydrogen (secondary N) is 1. The third-order valence-corrected chi connectivity index (χ3v) is 6.28. The van der Waals surface area contributed by atoms with Crippen LogP contribution >= 0.6 is 11.6 Å². The monoisotopic (exact) mass is 419 g/mol. The summed E-state index contributed by atoms with van der Waals surface area (Å²) in [5, 5.41) is 7.59. The van der Waals surface area contributed by atoms with Crippen molar-refractivity contribution in [2.24, 2.45) is 11.8 Å². The summed E-state index contributed by atoms with van der Waals surface area (Å²) in [5.41, 5.74) is 1.97. The SMILES string of the molecule is CCCc1ccc(-c2c(Cl)c(C(=O)NCC3CCC(C)CC3)nn2CC)c(F)c1. The smallest absolute Gasteiger partial charge is 0.273 e. The predicted octanol–water partition coefficient (Wildman–Crippen LogP) is 5.87. The van der Waals surface area contributed by atoms with Gasteiger partial charge in [0.05, 0.1) is 10.7 Å². The number of aryl methyl sites for hydroxylation is 2. The highest BCUT2D eigenvalue weighted by atomic mass is 35.5. The number of halogens is 2. The third kappa shape index (κ3) is 5.00. The van der Waals surface area contributed by atoms with Crippen molar-refractivity contribution in [3.63, 3.8) is 0 Å². The van der Waals surface area contributed by atoms with Crippen LogP contribution in [0.5, 0.6) is 0 Å². The van der Waals surface area contributed by atoms with Gasteiger partial charge < -0.3 is 5.32 Å². The number of nitrogens with zero attached hydrogens (tertiary/aromatic N) is 2. The lowest BCUT2D eigenvalue weighted by Gasteiger charge is -2.26. The quantitative estimate of drug-likeness (QED) is 0.609. The Hall–Kier alpha value is -1.88. The Bertz CT molecular complexity index is 856. The molecule has 1 aromatic carbocycles. The fraction of sp³-hybridized carbons (Fsp3) is 0.565. The van der Waals surface area contributed by atoms with Gasteiger partial charge in [-0.25, -0.2) is 4.39 Å². The van der Waals surface area contributed by atoms with Gasteiger partial charge in [0.2, 0.25) is 0 Å². The van der Waals surface area contributed by atoms with Crippen molar-refractivity contribution in [2.75, 3.05) is 6.54 Å². The molecule has 1 aliphatic rings. The summed E-state index contributed by atoms with van der Waals surface area (Å²) in [6.07, 6.45) is 6.48. The van der Waals surface area contributed by atoms with Gasteiger partial charge in [0.1, 0.15) is 5.82 Å². The van der Waals surface area contributed by atoms with Crippen LogP contribution in [0.25, 0.3) is 11.3 Å². The molecule has 29 heavy (non-hydrogen) atoms. The minimum absolute atomic E-state index is 0.171. The number of hydrogen-bond acceptors (Lipinski definition) is 2. The van der Waals surface area contributed by atoms with Gasteiger partial charge in [-0.3, -0.25) is 9.48 Å². The molecule has 0 spiro atoms. The molecule has 1 saturated carbocycles. The molecule has 1 amide bonds. The maximum Gasteiger partial charge on any atom is 0.273 e. The molecule has 1 aliphatic carbocycles. The van der Waals surface area contributed by atoms with E-state index in [2.05, 4.69) is 24.3 Å². The molecular formula is C23H31ClFN3O. The van der Waals surface area contributed by atoms with Crippen LogP contribution in [0.3, 0.4) is 0 Å². The molecule has 0 bridgehead atoms. The second-order valence-electron chi connectivity index (χ2n) is 8.23. The van der Waals surface area contributed by atoms with Gasteiger partial charge in [-0.15, -0.1) is 0 Å². The first-order valence-electron chi connectivity index (χ1n) is 10.8. The molecule has 1 heterocycles. The van der Waals surface area contributed by atoms with Crippen molar-refractivity contribution < 1.29 is 9.18 Å². The Labute approximate surface area is 177 Å². The molecule has 0 radical (unpaired) electrons. The van der Waals surface area contributed by atoms with Crippen molar-refractivity contribution in [3.8, 4) is 11.3 Å². The molecule has 1 N–H and O–H groups in total. The fourth-order valence-corrected chi connectivity index (χ4v) is 4.44. The zero-order valence-electron chi connectivity index (χ0n) is 17.6. The Morgan fingerprint density at radius 2 is 2.00 bits per heavy atom. The summed E-state index contributed by atoms with van der Waals surface area (Å²) in [5.74, 6) is 0.656. The largest absolute Gasteiger partial charge is 0.350 e. The van der Waals surface area contributed by atoms with E-state index >= 15 is 0 Å². The summed E-state index contributed by atoms with van der Waals surface area (Å²) in [6.45, 7) is 7.38. The predicted molar refractivity (Wildman–Crippen MR) is 116 cm³/mol. The lowest BCUT2D eigenvalue weighted by atomic mass is 9.83. The van der Waals surface area contributed by atoms with E-state index in [0.29, 0.717) is 30.3 Å². The van der Waals surface area contributed by atoms with Crippen LogP contribution in [0.4, 0.5) is 4.39 Å². The number of amides is 1. The second kappa shape index (κ2) is 9.75. The van der Waals surface area contributed by atoms with Crippen molar-refractivity contribution >= 4 is 17.5 Å². The van der Waals surface area contributed by atoms with Gasteiger partial charge in [-0.1, -0.05) is 50.8 Å². The van der Waals surface area contributed by atoms with Gasteiger partial charge in [0.25, 0.3) is 5.91 Å². The summed E-state index contributed by atoms with van der Waals surface area (Å²) in [6, 6.07) is 5.20. The Balaban J connectivity index is 1.80. The van der Waals surface area contributed by atoms with E-state index in [9.17, 15) is 9.18 Å². The molecule has 1 fully saturated rings. The Kier molecular flexibility index (Phi) is 7.33. The summed E-state index contributed by atoms with van der Waals surface area (Å²) < 4.78 is 16.4. The van der Waals surface area contributed by atoms with Gasteiger partial charge in [-0.05, 0) is 55.7 Å². The van der Waals surface area contributed by atoms with Crippen molar-refractivity contribution in [1.82, 2.24) is 15.1 Å². The zero-order chi connectivity index (χ0) is 21.0. The Morgan fingerprint density at radius 3 is 2.62 bits per heavy atom. The molecule has 158 valence electrons. The van der Waals surface area contributed by atoms with E-state index in [4.69, 9.17) is 11.6 Å². The highest BCUT2D eigenvalue weighted by Gasteiger charge is 2.25. The average molecular weight is 420 g/mol. The molecule has 4 nitrogen and oxygen atoms in total. The number of rotatable bonds is 7. The van der Waals surface area contributed by atoms with Crippen molar-refractivity contribution in [2.45, 2.75) is 65.8 Å². The van der Waals surface area contributed by atoms with E-state index in [1.165, 1.54) is 12.8 Å². The summed E-state index contributed by atoms with van der Waals surface area (Å²) in [7, 11) is 0. The van der Waals surface area contributed by atoms with Crippen LogP contribution in [-0.2, 0) is 13.0 Å². The van der Waals surface area contributed by atoms with Gasteiger partial charge >= 0.3 is 0 Å². The standard InChI is InChI=1S/C23H31ClFN3O/c1-4-6-16-11-12-18(19(25)13-16)22-20(24)21(27-28(22)5-2)23(29)26-14-17-9-7-15(3)8-10-17/h11-13,15,17H,4-10,14H2,1-3H3,(H,26,29). The van der Waals surface area contributed by atoms with Crippen molar-refractivity contribution in [1.29, 1.82) is 0 Å². The molecule has 3 rings (SSSR count). The average Bonchev–Trinajstić information content (AvgIpc) is 3.04. The maximum absolute atomic E-state index is 14.8. The number of carbonyl (C=O) groups is 1. The van der Waals surface area contributed by atoms with Crippen LogP contribution in [0.1, 0.15) is 68.9 Å². The topological polar surface area (TPSA) is 46.9 Å². The minimum Gasteiger partial charge on any atom is -0.350 e. The highest BCUT2D eigenvalue weighted by molar-refractivity contribution is 6.36. The molecule has 6 heteroatoms. The number of benzene rings is 1. The molecule has 0 aliphatic heterocycles. The summed E-state index contributed by atoms with van der Waals surface area (Å²) >= 11 is 6.54. The van der Waals surface area contributed by atoms with Crippen LogP contribution < -0.4 is 5.32 Å². The molecule has 1 aromatic heterocycles. The van der Waals surface area contributed by atoms with E-state index in [1.807, 2.05) is 13.0 Å². The Morgan fingerprint density at radius 1 is 1.28 bits per heavy atom. The first-order chi connectivity index (χ1) is 13.9. The first-order valence-corrected chi connectivity index (χ1v) is 11.2. The highest BCUT2D eigenvalue weighted by Crippen LogP contribution is 2.33. The van der Waals surface area contributed by atoms with Gasteiger partial charge in [-0.2, -0.15) is 5.10 Å². The first kappa shape index (κ1) is 21.8. The van der Waals surface area contributed by atoms with Gasteiger partial charge in [0, 0.05) is 18.7 Å². The van der Waals surface area contributed by atoms with E-state index < -0.39 is 0 Å². The van der Waals surface area contributed by atoms with Crippen LogP contribution in [-0.4, -0.2) is 22.2 Å². The molecular weight excluding hydrogens is 389 g/mol. The van der Waals surface area contributed by atoms with E-state index in [1.54, 1.807) is 16.8 Å². The maximum atomic E-state index is 14.8. The lowest BCUT2D eigenvalue weighted by molar-refractivity contribution is 0.0936. The molecule has 0 unspecified atom stereocenters. The summed E-state index contributed by atoms with van der Waals surface area (Å²) in [4.78, 5) is 12.7. The third-order valence-electron chi connectivity index (χ3n) is 5.92. The zero-order valence-corrected chi connectivity index (χ0v) is 18.4. The molecule has 2 aromatic rings. The number of aromatic nitrogens is 2. The lowest BCUT2D eigenvalue weighted by Crippen LogP contribution is -2.31. The minimum atomic E-state index is -0.337. The number of carbonyl (C=O) groups excluding carboxylic acids is 1. The van der Waals surface area contributed by atoms with E-state index in [-0.39, 0.29) is 22.4 Å². The van der Waals surface area contributed by atoms with Crippen LogP contribution in [0.2, 0.25) is 5.02 Å². The number of hydrogen-bond donors (Lipinski definition) is 1. The van der Waals surface area contributed by atoms with Crippen LogP contribution in [0, 0.1) is 17.7 Å². The fourth-order valence-electron chi connectivity index (χ4n) is 4.12. The van der Waals surface area contributed by atoms with Crippen LogP contribution in [0.15, 0.2) is 18.2 Å². The van der Waals surface area contributed by atoms with E-state index in [0.717, 1.165) is 37.2 Å².